The van der Waals surface area contributed by atoms with Gasteiger partial charge in [-0.05, 0) is 99.7 Å². The van der Waals surface area contributed by atoms with E-state index in [1.807, 2.05) is 26.8 Å². The highest BCUT2D eigenvalue weighted by Gasteiger charge is 2.78. The zero-order valence-electron chi connectivity index (χ0n) is 47.0. The molecule has 3 aliphatic carbocycles. The van der Waals surface area contributed by atoms with Crippen LogP contribution >= 0.6 is 0 Å². The average Bonchev–Trinajstić information content (AvgIpc) is 3.35. The Morgan fingerprint density at radius 1 is 0.813 bits per heavy atom. The van der Waals surface area contributed by atoms with Gasteiger partial charge in [-0.1, -0.05) is 104 Å². The lowest BCUT2D eigenvalue weighted by atomic mass is 9.44. The molecule has 3 fully saturated rings. The number of amides is 2. The van der Waals surface area contributed by atoms with Gasteiger partial charge in [0.25, 0.3) is 5.91 Å². The van der Waals surface area contributed by atoms with E-state index < -0.39 is 128 Å². The van der Waals surface area contributed by atoms with Gasteiger partial charge < -0.3 is 48.3 Å². The molecule has 2 bridgehead atoms. The monoisotopic (exact) mass is 1080 g/mol. The summed E-state index contributed by atoms with van der Waals surface area (Å²) in [6.45, 7) is 26.6. The van der Waals surface area contributed by atoms with E-state index in [9.17, 15) is 24.3 Å². The van der Waals surface area contributed by atoms with Crippen molar-refractivity contribution in [2.45, 2.75) is 212 Å². The molecule has 414 valence electrons. The third kappa shape index (κ3) is 11.2. The number of rotatable bonds is 19. The summed E-state index contributed by atoms with van der Waals surface area (Å²) in [6, 6.07) is 18.8. The van der Waals surface area contributed by atoms with E-state index in [1.54, 1.807) is 103 Å². The van der Waals surface area contributed by atoms with E-state index in [2.05, 4.69) is 31.4 Å². The molecular weight excluding hydrogens is 993 g/mol. The summed E-state index contributed by atoms with van der Waals surface area (Å²) in [4.78, 5) is 88.2. The Morgan fingerprint density at radius 2 is 1.37 bits per heavy atom. The number of ether oxygens (including phenoxy) is 5. The molecule has 2 saturated carbocycles. The number of esters is 3. The van der Waals surface area contributed by atoms with E-state index in [0.29, 0.717) is 47.4 Å². The zero-order valence-corrected chi connectivity index (χ0v) is 49.0. The van der Waals surface area contributed by atoms with Crippen molar-refractivity contribution in [3.8, 4) is 0 Å². The fourth-order valence-electron chi connectivity index (χ4n) is 12.8. The van der Waals surface area contributed by atoms with Crippen LogP contribution in [0.25, 0.3) is 0 Å². The predicted octanol–water partition coefficient (Wildman–Crippen LogP) is 9.46. The number of hydrogen-bond donors (Lipinski definition) is 3. The summed E-state index contributed by atoms with van der Waals surface area (Å²) >= 11 is 0. The maximum Gasteiger partial charge on any atom is 0.408 e. The van der Waals surface area contributed by atoms with Crippen molar-refractivity contribution in [1.82, 2.24) is 10.6 Å². The Bertz CT molecular complexity index is 2440. The van der Waals surface area contributed by atoms with Crippen molar-refractivity contribution < 1.29 is 66.4 Å². The van der Waals surface area contributed by atoms with Gasteiger partial charge in [-0.25, -0.2) is 9.59 Å². The molecule has 0 unspecified atom stereocenters. The minimum absolute atomic E-state index is 0.117. The van der Waals surface area contributed by atoms with E-state index in [4.69, 9.17) is 32.5 Å². The Kier molecular flexibility index (Phi) is 18.0. The van der Waals surface area contributed by atoms with E-state index in [1.165, 1.54) is 13.8 Å². The number of hydrogen-bond acceptors (Lipinski definition) is 14. The Balaban J connectivity index is 1.66. The molecule has 16 nitrogen and oxygen atoms in total. The normalized spacial score (nSPS) is 29.1. The molecule has 0 spiro atoms. The Labute approximate surface area is 446 Å². The highest BCUT2D eigenvalue weighted by molar-refractivity contribution is 6.74. The quantitative estimate of drug-likeness (QED) is 0.0518. The second-order valence-electron chi connectivity index (χ2n) is 23.0. The molecule has 2 aromatic carbocycles. The average molecular weight is 1080 g/mol. The van der Waals surface area contributed by atoms with Crippen molar-refractivity contribution in [3.05, 3.63) is 82.9 Å². The summed E-state index contributed by atoms with van der Waals surface area (Å²) in [5, 5.41) is 20.6. The number of nitrogens with one attached hydrogen (secondary N) is 2. The maximum absolute atomic E-state index is 16.6. The van der Waals surface area contributed by atoms with Gasteiger partial charge in [0, 0.05) is 43.6 Å². The molecule has 2 amide bonds. The molecule has 1 saturated heterocycles. The van der Waals surface area contributed by atoms with Gasteiger partial charge in [-0.15, -0.1) is 0 Å². The molecule has 4 aliphatic rings. The van der Waals surface area contributed by atoms with Crippen LogP contribution in [0, 0.1) is 16.7 Å². The first-order chi connectivity index (χ1) is 35.1. The highest BCUT2D eigenvalue weighted by Crippen LogP contribution is 2.64. The first-order valence-corrected chi connectivity index (χ1v) is 32.1. The number of alkyl carbamates (subject to hydrolysis) is 1. The van der Waals surface area contributed by atoms with Crippen LogP contribution in [-0.2, 0) is 51.7 Å². The van der Waals surface area contributed by atoms with Crippen LogP contribution in [0.1, 0.15) is 139 Å². The molecule has 1 aliphatic heterocycles. The molecule has 2 aromatic rings. The second kappa shape index (κ2) is 22.7. The highest BCUT2D eigenvalue weighted by atomic mass is 28.4. The number of Topliss-reactive ketones (excluding diaryl/α,β-unsaturated/α-hetero) is 1. The van der Waals surface area contributed by atoms with Crippen LogP contribution in [0.2, 0.25) is 36.3 Å². The van der Waals surface area contributed by atoms with E-state index in [0.717, 1.165) is 0 Å². The van der Waals surface area contributed by atoms with Gasteiger partial charge in [0.05, 0.1) is 35.8 Å². The van der Waals surface area contributed by atoms with E-state index in [-0.39, 0.29) is 30.6 Å². The van der Waals surface area contributed by atoms with Crippen molar-refractivity contribution in [1.29, 1.82) is 0 Å². The summed E-state index contributed by atoms with van der Waals surface area (Å²) in [5.41, 5.74) is -6.78. The SMILES string of the molecule is CC[Si](CC)(CC)O[C@H]1C[C@H]2OC[C@@]2(OC(C)=O)[C@H]2[C@H](NC(=O)c3ccccc3)[C@]3(O)C[C@H](OC(=O)[C@H](O[Si](CC)(CC)CC)[C@@H](NC(=O)OC(C)(C)C)c4ccccc4)C(C)=C([C@@H](OC(C)=O)C(=O)[C@]12C)C3(C)C. The van der Waals surface area contributed by atoms with Crippen molar-refractivity contribution in [2.75, 3.05) is 6.61 Å². The standard InChI is InChI=1S/C57H84N2O14Si2/c1-16-74(17-2,18-3)72-41-32-42-56(34-67-42,70-37(9)61)47-48(59-50(63)39-30-26-23-27-31-39)57(66)33-40(35(7)43(54(57,13)14)45(68-36(8)60)49(62)55(41,47)15)69-51(64)46(73-75(19-4,20-5)21-6)44(38-28-24-22-25-29-38)58-52(65)71-53(10,11)12/h22-31,40-42,44-48,66H,16-21,32-34H2,1-15H3,(H,58,65)(H,59,63)/t40-,41-,42+,44-,45+,46+,47-,48-,55+,56-,57+/m0/s1. The van der Waals surface area contributed by atoms with Crippen LogP contribution in [0.4, 0.5) is 4.79 Å². The van der Waals surface area contributed by atoms with Gasteiger partial charge in [-0.3, -0.25) is 19.2 Å². The number of carbonyl (C=O) groups excluding carboxylic acids is 6. The summed E-state index contributed by atoms with van der Waals surface area (Å²) in [6.07, 6.45) is -7.35. The lowest BCUT2D eigenvalue weighted by Gasteiger charge is -2.69. The predicted molar refractivity (Wildman–Crippen MR) is 287 cm³/mol. The number of fused-ring (bicyclic) bond motifs is 5. The first kappa shape index (κ1) is 59.5. The van der Waals surface area contributed by atoms with Crippen LogP contribution in [0.15, 0.2) is 71.8 Å². The summed E-state index contributed by atoms with van der Waals surface area (Å²) < 4.78 is 46.1. The van der Waals surface area contributed by atoms with Gasteiger partial charge >= 0.3 is 24.0 Å². The minimum Gasteiger partial charge on any atom is -0.456 e. The van der Waals surface area contributed by atoms with Crippen LogP contribution in [0.5, 0.6) is 0 Å². The molecule has 18 heteroatoms. The van der Waals surface area contributed by atoms with Crippen LogP contribution in [0.3, 0.4) is 0 Å². The third-order valence-corrected chi connectivity index (χ3v) is 26.8. The fourth-order valence-corrected chi connectivity index (χ4v) is 18.5. The van der Waals surface area contributed by atoms with Crippen molar-refractivity contribution in [3.63, 3.8) is 0 Å². The molecule has 75 heavy (non-hydrogen) atoms. The minimum atomic E-state index is -2.75. The molecule has 0 aromatic heterocycles. The number of aliphatic hydroxyl groups is 1. The molecular formula is C57H84N2O14Si2. The molecule has 6 rings (SSSR count). The topological polar surface area (TPSA) is 211 Å². The maximum atomic E-state index is 16.6. The van der Waals surface area contributed by atoms with Gasteiger partial charge in [0.1, 0.15) is 17.8 Å². The second-order valence-corrected chi connectivity index (χ2v) is 32.4. The largest absolute Gasteiger partial charge is 0.456 e. The number of carbonyl (C=O) groups is 6. The van der Waals surface area contributed by atoms with Gasteiger partial charge in [0.2, 0.25) is 0 Å². The first-order valence-electron chi connectivity index (χ1n) is 27.0. The lowest BCUT2D eigenvalue weighted by molar-refractivity contribution is -0.331. The van der Waals surface area contributed by atoms with E-state index >= 15 is 9.59 Å². The van der Waals surface area contributed by atoms with Gasteiger partial charge in [0.15, 0.2) is 40.2 Å². The van der Waals surface area contributed by atoms with Crippen LogP contribution < -0.4 is 10.6 Å². The van der Waals surface area contributed by atoms with Crippen molar-refractivity contribution in [2.24, 2.45) is 16.7 Å². The van der Waals surface area contributed by atoms with Crippen molar-refractivity contribution >= 4 is 52.3 Å². The van der Waals surface area contributed by atoms with Gasteiger partial charge in [-0.2, -0.15) is 0 Å². The Hall–Kier alpha value is -4.73. The zero-order chi connectivity index (χ0) is 55.7. The number of ketones is 1. The molecule has 11 atom stereocenters. The molecule has 3 N–H and O–H groups in total. The third-order valence-electron chi connectivity index (χ3n) is 17.6. The molecule has 0 radical (unpaired) electrons. The summed E-state index contributed by atoms with van der Waals surface area (Å²) in [5.74, 6) is -4.84. The Morgan fingerprint density at radius 3 is 1.87 bits per heavy atom. The molecule has 1 heterocycles. The van der Waals surface area contributed by atoms with Crippen LogP contribution in [-0.4, -0.2) is 117 Å². The lowest BCUT2D eigenvalue weighted by Crippen LogP contribution is -2.84. The fraction of sp³-hybridized carbons (Fsp3) is 0.649. The number of benzene rings is 2. The smallest absolute Gasteiger partial charge is 0.408 e. The summed E-state index contributed by atoms with van der Waals surface area (Å²) in [7, 11) is -5.38.